The Morgan fingerprint density at radius 3 is 2.67 bits per heavy atom. The lowest BCUT2D eigenvalue weighted by molar-refractivity contribution is 0.282. The van der Waals surface area contributed by atoms with Crippen LogP contribution in [0.4, 0.5) is 11.4 Å². The van der Waals surface area contributed by atoms with E-state index in [9.17, 15) is 8.42 Å². The molecule has 0 aromatic heterocycles. The lowest BCUT2D eigenvalue weighted by atomic mass is 10.1. The van der Waals surface area contributed by atoms with Crippen LogP contribution in [-0.2, 0) is 10.0 Å². The van der Waals surface area contributed by atoms with Crippen LogP contribution in [0.3, 0.4) is 0 Å². The fourth-order valence-corrected chi connectivity index (χ4v) is 2.34. The van der Waals surface area contributed by atoms with E-state index in [0.29, 0.717) is 12.1 Å². The van der Waals surface area contributed by atoms with E-state index in [1.165, 1.54) is 6.07 Å². The van der Waals surface area contributed by atoms with E-state index in [2.05, 4.69) is 5.32 Å². The van der Waals surface area contributed by atoms with Gasteiger partial charge in [-0.1, -0.05) is 6.07 Å². The number of nitrogens with one attached hydrogen (secondary N) is 1. The molecule has 6 N–H and O–H groups in total. The maximum absolute atomic E-state index is 11.3. The fourth-order valence-electron chi connectivity index (χ4n) is 1.65. The highest BCUT2D eigenvalue weighted by Gasteiger charge is 2.15. The Hall–Kier alpha value is -1.31. The number of aliphatic hydroxyl groups is 1. The van der Waals surface area contributed by atoms with Crippen molar-refractivity contribution in [1.29, 1.82) is 0 Å². The number of anilines is 2. The maximum atomic E-state index is 11.3. The van der Waals surface area contributed by atoms with Gasteiger partial charge in [0.15, 0.2) is 0 Å². The van der Waals surface area contributed by atoms with Crippen LogP contribution in [0.15, 0.2) is 23.1 Å². The average molecular weight is 273 g/mol. The Kier molecular flexibility index (Phi) is 4.94. The molecule has 7 heteroatoms. The van der Waals surface area contributed by atoms with Crippen molar-refractivity contribution in [3.8, 4) is 0 Å². The predicted molar refractivity (Wildman–Crippen MR) is 71.6 cm³/mol. The van der Waals surface area contributed by atoms with Crippen LogP contribution in [0.2, 0.25) is 0 Å². The van der Waals surface area contributed by atoms with E-state index in [1.54, 1.807) is 12.1 Å². The van der Waals surface area contributed by atoms with Crippen LogP contribution in [-0.4, -0.2) is 26.2 Å². The minimum Gasteiger partial charge on any atom is -0.396 e. The first kappa shape index (κ1) is 14.7. The molecule has 0 radical (unpaired) electrons. The molecule has 0 bridgehead atoms. The normalized spacial score (nSPS) is 13.3. The van der Waals surface area contributed by atoms with Gasteiger partial charge < -0.3 is 16.2 Å². The largest absolute Gasteiger partial charge is 0.396 e. The number of nitrogen functional groups attached to an aromatic ring is 1. The third kappa shape index (κ3) is 3.86. The van der Waals surface area contributed by atoms with Gasteiger partial charge in [-0.2, -0.15) is 0 Å². The molecule has 0 saturated carbocycles. The smallest absolute Gasteiger partial charge is 0.240 e. The summed E-state index contributed by atoms with van der Waals surface area (Å²) >= 11 is 0. The molecular formula is C11H19N3O3S. The Morgan fingerprint density at radius 2 is 2.11 bits per heavy atom. The summed E-state index contributed by atoms with van der Waals surface area (Å²) in [5.41, 5.74) is 6.43. The topological polar surface area (TPSA) is 118 Å². The summed E-state index contributed by atoms with van der Waals surface area (Å²) in [7, 11) is -3.81. The first-order valence-electron chi connectivity index (χ1n) is 5.65. The molecule has 0 aliphatic rings. The number of primary sulfonamides is 1. The summed E-state index contributed by atoms with van der Waals surface area (Å²) in [6, 6.07) is 4.72. The Morgan fingerprint density at radius 1 is 1.44 bits per heavy atom. The molecule has 0 saturated heterocycles. The highest BCUT2D eigenvalue weighted by Crippen LogP contribution is 2.26. The number of hydrogen-bond donors (Lipinski definition) is 4. The molecule has 0 amide bonds. The lowest BCUT2D eigenvalue weighted by Gasteiger charge is -2.17. The van der Waals surface area contributed by atoms with E-state index in [0.717, 1.165) is 6.42 Å². The van der Waals surface area contributed by atoms with Crippen LogP contribution in [0.5, 0.6) is 0 Å². The highest BCUT2D eigenvalue weighted by atomic mass is 32.2. The number of nitrogens with two attached hydrogens (primary N) is 2. The summed E-state index contributed by atoms with van der Waals surface area (Å²) in [6.45, 7) is 2.05. The molecule has 1 aromatic carbocycles. The molecule has 1 rings (SSSR count). The van der Waals surface area contributed by atoms with Gasteiger partial charge in [0.1, 0.15) is 4.90 Å². The third-order valence-electron chi connectivity index (χ3n) is 2.57. The second-order valence-electron chi connectivity index (χ2n) is 4.17. The molecule has 18 heavy (non-hydrogen) atoms. The van der Waals surface area contributed by atoms with Crippen molar-refractivity contribution in [2.75, 3.05) is 17.7 Å². The molecule has 0 spiro atoms. The number of hydrogen-bond acceptors (Lipinski definition) is 5. The van der Waals surface area contributed by atoms with E-state index < -0.39 is 10.0 Å². The first-order valence-corrected chi connectivity index (χ1v) is 7.19. The Bertz CT molecular complexity index is 502. The molecule has 6 nitrogen and oxygen atoms in total. The number of rotatable bonds is 6. The highest BCUT2D eigenvalue weighted by molar-refractivity contribution is 7.89. The summed E-state index contributed by atoms with van der Waals surface area (Å²) in [5.74, 6) is 0. The molecule has 0 aliphatic carbocycles. The second-order valence-corrected chi connectivity index (χ2v) is 5.70. The monoisotopic (exact) mass is 273 g/mol. The SMILES string of the molecule is CC(CCCO)Nc1cccc(S(N)(=O)=O)c1N. The Balaban J connectivity index is 2.91. The van der Waals surface area contributed by atoms with Crippen molar-refractivity contribution in [2.24, 2.45) is 5.14 Å². The van der Waals surface area contributed by atoms with Crippen molar-refractivity contribution in [3.63, 3.8) is 0 Å². The van der Waals surface area contributed by atoms with Gasteiger partial charge in [0.2, 0.25) is 10.0 Å². The third-order valence-corrected chi connectivity index (χ3v) is 3.54. The van der Waals surface area contributed by atoms with Gasteiger partial charge in [-0.05, 0) is 31.9 Å². The van der Waals surface area contributed by atoms with Crippen LogP contribution in [0, 0.1) is 0 Å². The summed E-state index contributed by atoms with van der Waals surface area (Å²) < 4.78 is 22.6. The zero-order valence-electron chi connectivity index (χ0n) is 10.3. The zero-order valence-corrected chi connectivity index (χ0v) is 11.1. The zero-order chi connectivity index (χ0) is 13.8. The van der Waals surface area contributed by atoms with E-state index in [4.69, 9.17) is 16.0 Å². The maximum Gasteiger partial charge on any atom is 0.240 e. The average Bonchev–Trinajstić information content (AvgIpc) is 2.27. The number of aliphatic hydroxyl groups excluding tert-OH is 1. The van der Waals surface area contributed by atoms with Crippen molar-refractivity contribution in [3.05, 3.63) is 18.2 Å². The Labute approximate surface area is 107 Å². The van der Waals surface area contributed by atoms with Gasteiger partial charge in [0.25, 0.3) is 0 Å². The van der Waals surface area contributed by atoms with Gasteiger partial charge in [0.05, 0.1) is 11.4 Å². The molecule has 102 valence electrons. The van der Waals surface area contributed by atoms with Crippen LogP contribution in [0.1, 0.15) is 19.8 Å². The van der Waals surface area contributed by atoms with E-state index >= 15 is 0 Å². The summed E-state index contributed by atoms with van der Waals surface area (Å²) in [4.78, 5) is -0.0816. The number of sulfonamides is 1. The molecule has 0 fully saturated rings. The molecular weight excluding hydrogens is 254 g/mol. The first-order chi connectivity index (χ1) is 8.36. The van der Waals surface area contributed by atoms with Crippen molar-refractivity contribution in [1.82, 2.24) is 0 Å². The summed E-state index contributed by atoms with van der Waals surface area (Å²) in [6.07, 6.45) is 1.43. The standard InChI is InChI=1S/C11H19N3O3S/c1-8(4-3-7-15)14-9-5-2-6-10(11(9)12)18(13,16)17/h2,5-6,8,14-15H,3-4,7,12H2,1H3,(H2,13,16,17). The van der Waals surface area contributed by atoms with Crippen LogP contribution < -0.4 is 16.2 Å². The van der Waals surface area contributed by atoms with Gasteiger partial charge >= 0.3 is 0 Å². The molecule has 1 unspecified atom stereocenters. The predicted octanol–water partition coefficient (Wildman–Crippen LogP) is 0.489. The molecule has 0 aliphatic heterocycles. The van der Waals surface area contributed by atoms with Gasteiger partial charge in [0, 0.05) is 12.6 Å². The van der Waals surface area contributed by atoms with Crippen molar-refractivity contribution >= 4 is 21.4 Å². The second kappa shape index (κ2) is 6.03. The van der Waals surface area contributed by atoms with Crippen molar-refractivity contribution in [2.45, 2.75) is 30.7 Å². The van der Waals surface area contributed by atoms with Gasteiger partial charge in [-0.15, -0.1) is 0 Å². The lowest BCUT2D eigenvalue weighted by Crippen LogP contribution is -2.19. The molecule has 0 heterocycles. The fraction of sp³-hybridized carbons (Fsp3) is 0.455. The van der Waals surface area contributed by atoms with Gasteiger partial charge in [-0.3, -0.25) is 0 Å². The van der Waals surface area contributed by atoms with Gasteiger partial charge in [-0.25, -0.2) is 13.6 Å². The number of para-hydroxylation sites is 1. The minimum atomic E-state index is -3.81. The molecule has 1 atom stereocenters. The quantitative estimate of drug-likeness (QED) is 0.562. The number of benzene rings is 1. The summed E-state index contributed by atoms with van der Waals surface area (Å²) in [5, 5.41) is 16.9. The van der Waals surface area contributed by atoms with E-state index in [-0.39, 0.29) is 23.2 Å². The van der Waals surface area contributed by atoms with Crippen LogP contribution >= 0.6 is 0 Å². The minimum absolute atomic E-state index is 0.0789. The van der Waals surface area contributed by atoms with E-state index in [1.807, 2.05) is 6.92 Å². The molecule has 1 aromatic rings. The van der Waals surface area contributed by atoms with Crippen molar-refractivity contribution < 1.29 is 13.5 Å². The van der Waals surface area contributed by atoms with Crippen LogP contribution in [0.25, 0.3) is 0 Å².